The highest BCUT2D eigenvalue weighted by atomic mass is 16.3. The fraction of sp³-hybridized carbons (Fsp3) is 0.0500. The van der Waals surface area contributed by atoms with Crippen LogP contribution in [-0.2, 0) is 6.54 Å². The number of rotatable bonds is 4. The lowest BCUT2D eigenvalue weighted by Crippen LogP contribution is -2.36. The standard InChI is InChI=1S/C40H28N4O/c1-2-10-27(11-3-1)38-42-39(31-17-15-26-9-5-7-13-29(26)21-31)44-40(43-38)34-22-32(30-16-14-25-8-4-6-12-28(25)20-30)23-35-37(34)33-18-19-41-24-36(33)45-35/h1-23,39,41H,24H2,(H,42,43,44). The largest absolute Gasteiger partial charge is 0.458 e. The Kier molecular flexibility index (Phi) is 5.88. The van der Waals surface area contributed by atoms with Crippen LogP contribution in [0, 0.1) is 0 Å². The van der Waals surface area contributed by atoms with Crippen LogP contribution >= 0.6 is 0 Å². The molecule has 1 aromatic heterocycles. The molecule has 5 nitrogen and oxygen atoms in total. The minimum Gasteiger partial charge on any atom is -0.458 e. The van der Waals surface area contributed by atoms with Crippen molar-refractivity contribution in [2.75, 3.05) is 0 Å². The molecule has 2 aliphatic heterocycles. The molecule has 1 unspecified atom stereocenters. The summed E-state index contributed by atoms with van der Waals surface area (Å²) in [5.74, 6) is 2.48. The molecule has 5 heteroatoms. The van der Waals surface area contributed by atoms with Crippen LogP contribution in [0.25, 0.3) is 49.7 Å². The Hall–Kier alpha value is -5.94. The van der Waals surface area contributed by atoms with Crippen LogP contribution in [0.3, 0.4) is 0 Å². The van der Waals surface area contributed by atoms with E-state index >= 15 is 0 Å². The van der Waals surface area contributed by atoms with Gasteiger partial charge in [0.05, 0.1) is 6.54 Å². The van der Waals surface area contributed by atoms with E-state index in [1.807, 2.05) is 24.4 Å². The Morgan fingerprint density at radius 3 is 2.13 bits per heavy atom. The molecular weight excluding hydrogens is 552 g/mol. The number of hydrogen-bond donors (Lipinski definition) is 2. The average molecular weight is 581 g/mol. The fourth-order valence-electron chi connectivity index (χ4n) is 6.47. The summed E-state index contributed by atoms with van der Waals surface area (Å²) >= 11 is 0. The SMILES string of the molecule is C1=Cc2c(oc3cc(-c4ccc5ccccc5c4)cc(C4=NC(c5ccc6ccccc6c5)N=C(c5ccccc5)N4)c23)CN1. The second-order valence-corrected chi connectivity index (χ2v) is 11.5. The lowest BCUT2D eigenvalue weighted by Gasteiger charge is -2.23. The second kappa shape index (κ2) is 10.4. The van der Waals surface area contributed by atoms with Crippen molar-refractivity contribution in [3.8, 4) is 11.1 Å². The highest BCUT2D eigenvalue weighted by Crippen LogP contribution is 2.38. The van der Waals surface area contributed by atoms with E-state index in [-0.39, 0.29) is 0 Å². The van der Waals surface area contributed by atoms with Gasteiger partial charge in [-0.05, 0) is 74.8 Å². The topological polar surface area (TPSA) is 61.9 Å². The number of nitrogens with zero attached hydrogens (tertiary/aromatic N) is 2. The van der Waals surface area contributed by atoms with Gasteiger partial charge in [-0.3, -0.25) is 0 Å². The van der Waals surface area contributed by atoms with Crippen LogP contribution in [0.1, 0.15) is 34.2 Å². The second-order valence-electron chi connectivity index (χ2n) is 11.5. The van der Waals surface area contributed by atoms with Crippen molar-refractivity contribution in [2.45, 2.75) is 12.7 Å². The van der Waals surface area contributed by atoms with E-state index in [9.17, 15) is 0 Å². The van der Waals surface area contributed by atoms with Gasteiger partial charge in [-0.1, -0.05) is 103 Å². The first-order valence-corrected chi connectivity index (χ1v) is 15.2. The first-order chi connectivity index (χ1) is 22.3. The molecule has 0 bridgehead atoms. The lowest BCUT2D eigenvalue weighted by molar-refractivity contribution is 0.532. The van der Waals surface area contributed by atoms with E-state index in [0.717, 1.165) is 61.8 Å². The highest BCUT2D eigenvalue weighted by Gasteiger charge is 2.26. The van der Waals surface area contributed by atoms with Crippen molar-refractivity contribution in [3.05, 3.63) is 162 Å². The molecule has 0 saturated heterocycles. The molecule has 2 aliphatic rings. The maximum Gasteiger partial charge on any atom is 0.169 e. The molecule has 0 saturated carbocycles. The Balaban J connectivity index is 1.26. The van der Waals surface area contributed by atoms with E-state index in [4.69, 9.17) is 14.4 Å². The predicted octanol–water partition coefficient (Wildman–Crippen LogP) is 8.98. The first-order valence-electron chi connectivity index (χ1n) is 15.2. The molecule has 0 spiro atoms. The fourth-order valence-corrected chi connectivity index (χ4v) is 6.47. The first kappa shape index (κ1) is 25.5. The van der Waals surface area contributed by atoms with Crippen molar-refractivity contribution in [3.63, 3.8) is 0 Å². The van der Waals surface area contributed by atoms with E-state index < -0.39 is 6.17 Å². The van der Waals surface area contributed by atoms with Gasteiger partial charge in [-0.15, -0.1) is 0 Å². The summed E-state index contributed by atoms with van der Waals surface area (Å²) in [6.45, 7) is 0.640. The number of aliphatic imine (C=N–C) groups is 2. The Labute approximate surface area is 260 Å². The smallest absolute Gasteiger partial charge is 0.169 e. The van der Waals surface area contributed by atoms with Crippen LogP contribution in [0.4, 0.5) is 0 Å². The average Bonchev–Trinajstić information content (AvgIpc) is 3.49. The molecule has 7 aromatic rings. The molecule has 0 fully saturated rings. The number of amidine groups is 2. The van der Waals surface area contributed by atoms with Crippen LogP contribution in [0.2, 0.25) is 0 Å². The van der Waals surface area contributed by atoms with Crippen LogP contribution in [0.15, 0.2) is 148 Å². The van der Waals surface area contributed by atoms with Gasteiger partial charge in [-0.25, -0.2) is 9.98 Å². The van der Waals surface area contributed by atoms with Crippen molar-refractivity contribution in [1.82, 2.24) is 10.6 Å². The summed E-state index contributed by atoms with van der Waals surface area (Å²) in [5.41, 5.74) is 7.16. The highest BCUT2D eigenvalue weighted by molar-refractivity contribution is 6.21. The zero-order valence-corrected chi connectivity index (χ0v) is 24.4. The molecule has 214 valence electrons. The van der Waals surface area contributed by atoms with Crippen LogP contribution in [-0.4, -0.2) is 11.7 Å². The van der Waals surface area contributed by atoms with Crippen molar-refractivity contribution >= 4 is 50.3 Å². The Morgan fingerprint density at radius 1 is 0.600 bits per heavy atom. The van der Waals surface area contributed by atoms with Gasteiger partial charge in [0.1, 0.15) is 23.0 Å². The minimum atomic E-state index is -0.416. The van der Waals surface area contributed by atoms with E-state index in [1.54, 1.807) is 0 Å². The zero-order valence-electron chi connectivity index (χ0n) is 24.4. The monoisotopic (exact) mass is 580 g/mol. The summed E-state index contributed by atoms with van der Waals surface area (Å²) in [6, 6.07) is 44.7. The summed E-state index contributed by atoms with van der Waals surface area (Å²) in [7, 11) is 0. The molecule has 0 radical (unpaired) electrons. The van der Waals surface area contributed by atoms with Gasteiger partial charge in [-0.2, -0.15) is 0 Å². The maximum atomic E-state index is 6.52. The van der Waals surface area contributed by atoms with E-state index in [0.29, 0.717) is 6.54 Å². The minimum absolute atomic E-state index is 0.416. The third-order valence-electron chi connectivity index (χ3n) is 8.73. The Morgan fingerprint density at radius 2 is 1.31 bits per heavy atom. The number of fused-ring (bicyclic) bond motifs is 5. The van der Waals surface area contributed by atoms with Gasteiger partial charge in [0.2, 0.25) is 0 Å². The molecule has 6 aromatic carbocycles. The van der Waals surface area contributed by atoms with Gasteiger partial charge in [0.15, 0.2) is 6.17 Å². The molecule has 2 N–H and O–H groups in total. The van der Waals surface area contributed by atoms with E-state index in [2.05, 4.69) is 126 Å². The van der Waals surface area contributed by atoms with Crippen molar-refractivity contribution in [2.24, 2.45) is 9.98 Å². The van der Waals surface area contributed by atoms with Crippen molar-refractivity contribution < 1.29 is 4.42 Å². The quantitative estimate of drug-likeness (QED) is 0.218. The zero-order chi connectivity index (χ0) is 29.7. The van der Waals surface area contributed by atoms with Gasteiger partial charge in [0, 0.05) is 22.1 Å². The molecule has 45 heavy (non-hydrogen) atoms. The van der Waals surface area contributed by atoms with Gasteiger partial charge >= 0.3 is 0 Å². The normalized spacial score (nSPS) is 15.8. The molecule has 0 amide bonds. The number of nitrogens with one attached hydrogen (secondary N) is 2. The summed E-state index contributed by atoms with van der Waals surface area (Å²) in [4.78, 5) is 10.5. The number of hydrogen-bond acceptors (Lipinski definition) is 5. The van der Waals surface area contributed by atoms with Gasteiger partial charge < -0.3 is 15.1 Å². The van der Waals surface area contributed by atoms with Crippen LogP contribution in [0.5, 0.6) is 0 Å². The predicted molar refractivity (Wildman–Crippen MR) is 184 cm³/mol. The van der Waals surface area contributed by atoms with Crippen molar-refractivity contribution in [1.29, 1.82) is 0 Å². The lowest BCUT2D eigenvalue weighted by atomic mass is 9.95. The molecule has 9 rings (SSSR count). The molecular formula is C40H28N4O. The maximum absolute atomic E-state index is 6.52. The number of furan rings is 1. The van der Waals surface area contributed by atoms with Gasteiger partial charge in [0.25, 0.3) is 0 Å². The summed E-state index contributed by atoms with van der Waals surface area (Å²) < 4.78 is 6.52. The van der Waals surface area contributed by atoms with Crippen LogP contribution < -0.4 is 10.6 Å². The molecule has 0 aliphatic carbocycles. The summed E-state index contributed by atoms with van der Waals surface area (Å²) in [6.07, 6.45) is 3.67. The number of benzene rings is 6. The third kappa shape index (κ3) is 4.48. The summed E-state index contributed by atoms with van der Waals surface area (Å²) in [5, 5.41) is 12.8. The van der Waals surface area contributed by atoms with E-state index in [1.165, 1.54) is 21.5 Å². The molecule has 3 heterocycles. The molecule has 1 atom stereocenters. The Bertz CT molecular complexity index is 2360. The third-order valence-corrected chi connectivity index (χ3v) is 8.73.